The molecule has 0 saturated heterocycles. The third-order valence-corrected chi connectivity index (χ3v) is 13.6. The van der Waals surface area contributed by atoms with Gasteiger partial charge in [-0.1, -0.05) is 217 Å². The first-order valence-electron chi connectivity index (χ1n) is 31.3. The van der Waals surface area contributed by atoms with E-state index in [0.717, 1.165) is 116 Å². The van der Waals surface area contributed by atoms with Gasteiger partial charge in [0.15, 0.2) is 6.10 Å². The molecule has 0 aliphatic heterocycles. The molecular weight excluding hydrogens is 939 g/mol. The van der Waals surface area contributed by atoms with Gasteiger partial charge in [-0.3, -0.25) is 14.4 Å². The number of hydrogen-bond acceptors (Lipinski definition) is 10. The minimum Gasteiger partial charge on any atom is -0.462 e. The zero-order valence-electron chi connectivity index (χ0n) is 49.4. The highest BCUT2D eigenvalue weighted by Crippen LogP contribution is 2.18. The molecule has 0 bridgehead atoms. The maximum Gasteiger partial charge on any atom is 0.508 e. The molecule has 75 heavy (non-hydrogen) atoms. The molecule has 0 heterocycles. The molecule has 0 radical (unpaired) electrons. The van der Waals surface area contributed by atoms with Gasteiger partial charge >= 0.3 is 24.1 Å². The summed E-state index contributed by atoms with van der Waals surface area (Å²) in [6, 6.07) is 0. The first-order valence-corrected chi connectivity index (χ1v) is 31.3. The van der Waals surface area contributed by atoms with Crippen LogP contribution in [0.25, 0.3) is 0 Å². The van der Waals surface area contributed by atoms with Crippen molar-refractivity contribution in [3.05, 3.63) is 48.6 Å². The Balaban J connectivity index is 5.09. The van der Waals surface area contributed by atoms with Crippen LogP contribution >= 0.6 is 0 Å². The Kier molecular flexibility index (Phi) is 55.6. The van der Waals surface area contributed by atoms with Crippen molar-refractivity contribution in [1.82, 2.24) is 4.90 Å². The minimum absolute atomic E-state index is 0.00645. The average molecular weight is 1060 g/mol. The van der Waals surface area contributed by atoms with Crippen LogP contribution in [0.5, 0.6) is 0 Å². The Morgan fingerprint density at radius 1 is 0.360 bits per heavy atom. The lowest BCUT2D eigenvalue weighted by Gasteiger charge is -2.20. The van der Waals surface area contributed by atoms with Crippen LogP contribution in [0, 0.1) is 0 Å². The third-order valence-electron chi connectivity index (χ3n) is 13.6. The number of carbonyl (C=O) groups excluding carboxylic acids is 4. The van der Waals surface area contributed by atoms with E-state index in [4.69, 9.17) is 23.7 Å². The zero-order valence-corrected chi connectivity index (χ0v) is 49.4. The van der Waals surface area contributed by atoms with E-state index in [0.29, 0.717) is 12.8 Å². The van der Waals surface area contributed by atoms with Crippen LogP contribution in [0.3, 0.4) is 0 Å². The van der Waals surface area contributed by atoms with Crippen molar-refractivity contribution >= 4 is 24.1 Å². The van der Waals surface area contributed by atoms with E-state index in [1.807, 2.05) is 19.0 Å². The van der Waals surface area contributed by atoms with Gasteiger partial charge in [0.05, 0.1) is 6.61 Å². The summed E-state index contributed by atoms with van der Waals surface area (Å²) in [5.74, 6) is -1.24. The monoisotopic (exact) mass is 1060 g/mol. The Labute approximate surface area is 461 Å². The number of ether oxygens (including phenoxy) is 5. The van der Waals surface area contributed by atoms with Crippen LogP contribution in [0.15, 0.2) is 48.6 Å². The van der Waals surface area contributed by atoms with E-state index in [1.165, 1.54) is 122 Å². The SMILES string of the molecule is CCCCC/C=C\C/C=C\CCCCCCCC(=O)OCC(COC(=O)CCCCCCC/C=C\C/C=C\CCCCC)OC(=O)CCC(CCCCCCCCCCCCCCCC)OC(=O)OCCCN(C)C. The van der Waals surface area contributed by atoms with Crippen molar-refractivity contribution < 1.29 is 42.9 Å². The van der Waals surface area contributed by atoms with Crippen molar-refractivity contribution in [3.8, 4) is 0 Å². The smallest absolute Gasteiger partial charge is 0.462 e. The maximum absolute atomic E-state index is 13.4. The summed E-state index contributed by atoms with van der Waals surface area (Å²) in [4.78, 5) is 53.8. The lowest BCUT2D eigenvalue weighted by Crippen LogP contribution is -2.31. The third kappa shape index (κ3) is 56.6. The molecule has 0 spiro atoms. The summed E-state index contributed by atoms with van der Waals surface area (Å²) >= 11 is 0. The van der Waals surface area contributed by atoms with Crippen LogP contribution < -0.4 is 0 Å². The molecule has 10 heteroatoms. The van der Waals surface area contributed by atoms with Crippen molar-refractivity contribution in [2.75, 3.05) is 40.5 Å². The molecule has 0 aromatic carbocycles. The highest BCUT2D eigenvalue weighted by molar-refractivity contribution is 5.71. The van der Waals surface area contributed by atoms with Gasteiger partial charge in [-0.25, -0.2) is 4.79 Å². The number of hydrogen-bond donors (Lipinski definition) is 0. The Hall–Kier alpha value is -3.40. The zero-order chi connectivity index (χ0) is 54.8. The molecule has 10 nitrogen and oxygen atoms in total. The Morgan fingerprint density at radius 3 is 1.16 bits per heavy atom. The van der Waals surface area contributed by atoms with Gasteiger partial charge in [0, 0.05) is 25.8 Å². The highest BCUT2D eigenvalue weighted by Gasteiger charge is 2.22. The maximum atomic E-state index is 13.4. The van der Waals surface area contributed by atoms with Gasteiger partial charge in [-0.15, -0.1) is 0 Å². The summed E-state index contributed by atoms with van der Waals surface area (Å²) in [6.07, 6.45) is 59.8. The standard InChI is InChI=1S/C65H117NO9/c1-6-9-12-15-18-21-24-27-30-33-36-39-42-45-48-52-62(67)72-58-61(59-73-63(68)53-49-46-43-40-37-34-31-28-25-22-19-16-13-10-7-2)74-64(69)55-54-60(75-65(70)71-57-50-56-66(4)5)51-47-44-41-38-35-32-29-26-23-20-17-14-11-8-3/h18-19,21-22,27-28,30-31,60-61H,6-17,20,23-26,29,32-59H2,1-5H3/b21-18-,22-19-,30-27-,31-28-. The summed E-state index contributed by atoms with van der Waals surface area (Å²) in [6.45, 7) is 7.39. The summed E-state index contributed by atoms with van der Waals surface area (Å²) < 4.78 is 28.2. The molecular formula is C65H117NO9. The van der Waals surface area contributed by atoms with E-state index in [1.54, 1.807) is 0 Å². The van der Waals surface area contributed by atoms with Gasteiger partial charge in [-0.2, -0.15) is 0 Å². The van der Waals surface area contributed by atoms with Crippen molar-refractivity contribution in [2.24, 2.45) is 0 Å². The Morgan fingerprint density at radius 2 is 0.733 bits per heavy atom. The molecule has 1 unspecified atom stereocenters. The second-order valence-corrected chi connectivity index (χ2v) is 21.4. The van der Waals surface area contributed by atoms with Crippen LogP contribution in [0.2, 0.25) is 0 Å². The molecule has 0 amide bonds. The van der Waals surface area contributed by atoms with Crippen molar-refractivity contribution in [1.29, 1.82) is 0 Å². The largest absolute Gasteiger partial charge is 0.508 e. The number of carbonyl (C=O) groups is 4. The fourth-order valence-electron chi connectivity index (χ4n) is 8.85. The highest BCUT2D eigenvalue weighted by atomic mass is 16.7. The lowest BCUT2D eigenvalue weighted by molar-refractivity contribution is -0.167. The van der Waals surface area contributed by atoms with E-state index >= 15 is 0 Å². The van der Waals surface area contributed by atoms with E-state index in [-0.39, 0.29) is 57.4 Å². The van der Waals surface area contributed by atoms with Crippen molar-refractivity contribution in [3.63, 3.8) is 0 Å². The minimum atomic E-state index is -0.938. The fraction of sp³-hybridized carbons (Fsp3) is 0.815. The van der Waals surface area contributed by atoms with Crippen LogP contribution in [0.4, 0.5) is 4.79 Å². The van der Waals surface area contributed by atoms with Gasteiger partial charge < -0.3 is 28.6 Å². The predicted molar refractivity (Wildman–Crippen MR) is 314 cm³/mol. The molecule has 0 aromatic heterocycles. The predicted octanol–water partition coefficient (Wildman–Crippen LogP) is 18.7. The van der Waals surface area contributed by atoms with Gasteiger partial charge in [0.2, 0.25) is 0 Å². The second kappa shape index (κ2) is 58.3. The van der Waals surface area contributed by atoms with Gasteiger partial charge in [0.25, 0.3) is 0 Å². The summed E-state index contributed by atoms with van der Waals surface area (Å²) in [5, 5.41) is 0. The van der Waals surface area contributed by atoms with E-state index in [9.17, 15) is 19.2 Å². The number of allylic oxidation sites excluding steroid dienone is 8. The number of unbranched alkanes of at least 4 members (excludes halogenated alkanes) is 29. The van der Waals surface area contributed by atoms with Crippen LogP contribution in [-0.4, -0.2) is 81.6 Å². The van der Waals surface area contributed by atoms with Crippen molar-refractivity contribution in [2.45, 2.75) is 303 Å². The van der Waals surface area contributed by atoms with E-state index in [2.05, 4.69) is 69.4 Å². The second-order valence-electron chi connectivity index (χ2n) is 21.4. The molecule has 0 fully saturated rings. The molecule has 0 rings (SSSR count). The normalized spacial score (nSPS) is 12.3. The number of esters is 3. The molecule has 0 aliphatic rings. The first-order chi connectivity index (χ1) is 36.7. The summed E-state index contributed by atoms with van der Waals surface area (Å²) in [7, 11) is 3.95. The first kappa shape index (κ1) is 71.6. The lowest BCUT2D eigenvalue weighted by atomic mass is 10.0. The molecule has 0 N–H and O–H groups in total. The van der Waals surface area contributed by atoms with Crippen LogP contribution in [-0.2, 0) is 38.1 Å². The van der Waals surface area contributed by atoms with Crippen LogP contribution in [0.1, 0.15) is 290 Å². The molecule has 0 saturated carbocycles. The van der Waals surface area contributed by atoms with Gasteiger partial charge in [-0.05, 0) is 117 Å². The Bertz CT molecular complexity index is 1340. The average Bonchev–Trinajstić information content (AvgIpc) is 3.39. The molecule has 436 valence electrons. The number of rotatable bonds is 56. The molecule has 0 aliphatic carbocycles. The fourth-order valence-corrected chi connectivity index (χ4v) is 8.85. The topological polar surface area (TPSA) is 118 Å². The van der Waals surface area contributed by atoms with E-state index < -0.39 is 24.3 Å². The quantitative estimate of drug-likeness (QED) is 0.0252. The number of nitrogens with zero attached hydrogens (tertiary/aromatic N) is 1. The molecule has 0 aromatic rings. The molecule has 1 atom stereocenters. The summed E-state index contributed by atoms with van der Waals surface area (Å²) in [5.41, 5.74) is 0. The van der Waals surface area contributed by atoms with Gasteiger partial charge in [0.1, 0.15) is 19.3 Å².